The molecule has 2 heterocycles. The quantitative estimate of drug-likeness (QED) is 0.795. The minimum atomic E-state index is 0.722. The molecule has 0 spiro atoms. The van der Waals surface area contributed by atoms with Gasteiger partial charge in [0.15, 0.2) is 0 Å². The summed E-state index contributed by atoms with van der Waals surface area (Å²) in [6.07, 6.45) is 2.70. The van der Waals surface area contributed by atoms with Crippen LogP contribution in [0.2, 0.25) is 0 Å². The van der Waals surface area contributed by atoms with E-state index in [0.717, 1.165) is 12.1 Å². The van der Waals surface area contributed by atoms with Gasteiger partial charge in [0.05, 0.1) is 0 Å². The zero-order valence-electron chi connectivity index (χ0n) is 12.2. The Bertz CT molecular complexity index is 180. The normalized spacial score (nSPS) is 24.5. The lowest BCUT2D eigenvalue weighted by Crippen LogP contribution is -2.54. The summed E-state index contributed by atoms with van der Waals surface area (Å²) in [5.41, 5.74) is 0. The number of hydrogen-bond acceptors (Lipinski definition) is 3. The molecule has 2 saturated heterocycles. The van der Waals surface area contributed by atoms with Gasteiger partial charge in [0, 0.05) is 38.3 Å². The van der Waals surface area contributed by atoms with Crippen LogP contribution in [-0.2, 0) is 0 Å². The second-order valence-corrected chi connectivity index (χ2v) is 5.15. The molecule has 0 aromatic heterocycles. The lowest BCUT2D eigenvalue weighted by Gasteiger charge is -2.42. The lowest BCUT2D eigenvalue weighted by molar-refractivity contribution is 0.0669. The summed E-state index contributed by atoms with van der Waals surface area (Å²) in [6.45, 7) is 16.1. The summed E-state index contributed by atoms with van der Waals surface area (Å²) < 4.78 is 0. The summed E-state index contributed by atoms with van der Waals surface area (Å²) in [4.78, 5) is 5.30. The number of nitrogens with one attached hydrogen (secondary N) is 1. The molecule has 2 aliphatic rings. The van der Waals surface area contributed by atoms with Crippen LogP contribution in [0.5, 0.6) is 0 Å². The molecule has 1 N–H and O–H groups in total. The molecule has 0 amide bonds. The molecule has 0 aromatic rings. The van der Waals surface area contributed by atoms with Crippen LogP contribution in [0.15, 0.2) is 0 Å². The zero-order valence-corrected chi connectivity index (χ0v) is 12.2. The standard InChI is InChI=1S/C12H25N3.C2H6/c1-11(2)14-7-9-15(10-8-14)12-3-5-13-6-4-12;1-2/h11-13H,3-10H2,1-2H3;1-2H3. The zero-order chi connectivity index (χ0) is 12.7. The van der Waals surface area contributed by atoms with Crippen molar-refractivity contribution in [3.63, 3.8) is 0 Å². The van der Waals surface area contributed by atoms with E-state index in [4.69, 9.17) is 0 Å². The van der Waals surface area contributed by atoms with Crippen LogP contribution in [0.1, 0.15) is 40.5 Å². The van der Waals surface area contributed by atoms with Gasteiger partial charge in [0.1, 0.15) is 0 Å². The van der Waals surface area contributed by atoms with E-state index in [1.54, 1.807) is 0 Å². The van der Waals surface area contributed by atoms with Crippen LogP contribution >= 0.6 is 0 Å². The van der Waals surface area contributed by atoms with Gasteiger partial charge in [-0.3, -0.25) is 9.80 Å². The molecule has 0 saturated carbocycles. The smallest absolute Gasteiger partial charge is 0.0120 e. The molecule has 0 atom stereocenters. The first-order valence-corrected chi connectivity index (χ1v) is 7.46. The first-order chi connectivity index (χ1) is 8.27. The van der Waals surface area contributed by atoms with Crippen molar-refractivity contribution >= 4 is 0 Å². The number of piperidine rings is 1. The fraction of sp³-hybridized carbons (Fsp3) is 1.00. The van der Waals surface area contributed by atoms with Gasteiger partial charge in [-0.2, -0.15) is 0 Å². The van der Waals surface area contributed by atoms with Crippen molar-refractivity contribution in [3.8, 4) is 0 Å². The number of hydrogen-bond donors (Lipinski definition) is 1. The van der Waals surface area contributed by atoms with Crippen molar-refractivity contribution in [2.75, 3.05) is 39.3 Å². The largest absolute Gasteiger partial charge is 0.317 e. The van der Waals surface area contributed by atoms with Crippen molar-refractivity contribution in [1.82, 2.24) is 15.1 Å². The molecule has 102 valence electrons. The predicted octanol–water partition coefficient (Wildman–Crippen LogP) is 1.79. The van der Waals surface area contributed by atoms with Crippen molar-refractivity contribution in [2.24, 2.45) is 0 Å². The van der Waals surface area contributed by atoms with E-state index in [1.165, 1.54) is 52.1 Å². The average molecular weight is 241 g/mol. The topological polar surface area (TPSA) is 18.5 Å². The average Bonchev–Trinajstić information content (AvgIpc) is 2.42. The summed E-state index contributed by atoms with van der Waals surface area (Å²) in [6, 6.07) is 1.58. The maximum absolute atomic E-state index is 3.44. The third kappa shape index (κ3) is 4.57. The Hall–Kier alpha value is -0.120. The van der Waals surface area contributed by atoms with Gasteiger partial charge >= 0.3 is 0 Å². The molecule has 0 aromatic carbocycles. The molecular weight excluding hydrogens is 210 g/mol. The van der Waals surface area contributed by atoms with Crippen molar-refractivity contribution in [3.05, 3.63) is 0 Å². The fourth-order valence-electron chi connectivity index (χ4n) is 2.79. The van der Waals surface area contributed by atoms with Gasteiger partial charge in [-0.05, 0) is 39.8 Å². The highest BCUT2D eigenvalue weighted by molar-refractivity contribution is 4.82. The monoisotopic (exact) mass is 241 g/mol. The minimum Gasteiger partial charge on any atom is -0.317 e. The number of piperazine rings is 1. The second-order valence-electron chi connectivity index (χ2n) is 5.15. The highest BCUT2D eigenvalue weighted by Crippen LogP contribution is 2.15. The highest BCUT2D eigenvalue weighted by Gasteiger charge is 2.25. The van der Waals surface area contributed by atoms with Crippen LogP contribution in [-0.4, -0.2) is 61.2 Å². The molecule has 0 aliphatic carbocycles. The molecule has 0 bridgehead atoms. The number of nitrogens with zero attached hydrogens (tertiary/aromatic N) is 2. The lowest BCUT2D eigenvalue weighted by atomic mass is 10.0. The summed E-state index contributed by atoms with van der Waals surface area (Å²) in [5, 5.41) is 3.44. The van der Waals surface area contributed by atoms with Crippen LogP contribution in [0.4, 0.5) is 0 Å². The SMILES string of the molecule is CC.CC(C)N1CCN(C2CCNCC2)CC1. The molecule has 3 nitrogen and oxygen atoms in total. The summed E-state index contributed by atoms with van der Waals surface area (Å²) in [7, 11) is 0. The van der Waals surface area contributed by atoms with Crippen molar-refractivity contribution in [1.29, 1.82) is 0 Å². The van der Waals surface area contributed by atoms with Crippen LogP contribution < -0.4 is 5.32 Å². The van der Waals surface area contributed by atoms with Gasteiger partial charge < -0.3 is 5.32 Å². The molecule has 2 rings (SSSR count). The van der Waals surface area contributed by atoms with Crippen LogP contribution in [0.25, 0.3) is 0 Å². The van der Waals surface area contributed by atoms with E-state index in [0.29, 0.717) is 0 Å². The maximum Gasteiger partial charge on any atom is 0.0120 e. The predicted molar refractivity (Wildman–Crippen MR) is 75.5 cm³/mol. The van der Waals surface area contributed by atoms with Crippen LogP contribution in [0, 0.1) is 0 Å². The highest BCUT2D eigenvalue weighted by atomic mass is 15.3. The first-order valence-electron chi connectivity index (χ1n) is 7.46. The van der Waals surface area contributed by atoms with E-state index in [1.807, 2.05) is 13.8 Å². The number of rotatable bonds is 2. The molecule has 3 heteroatoms. The van der Waals surface area contributed by atoms with Gasteiger partial charge in [-0.1, -0.05) is 13.8 Å². The molecule has 2 fully saturated rings. The summed E-state index contributed by atoms with van der Waals surface area (Å²) in [5.74, 6) is 0. The van der Waals surface area contributed by atoms with E-state index >= 15 is 0 Å². The molecular formula is C14H31N3. The second kappa shape index (κ2) is 8.06. The third-order valence-electron chi connectivity index (χ3n) is 3.90. The van der Waals surface area contributed by atoms with E-state index in [2.05, 4.69) is 29.0 Å². The van der Waals surface area contributed by atoms with E-state index < -0.39 is 0 Å². The van der Waals surface area contributed by atoms with E-state index in [9.17, 15) is 0 Å². The molecule has 17 heavy (non-hydrogen) atoms. The minimum absolute atomic E-state index is 0.722. The Morgan fingerprint density at radius 3 is 1.94 bits per heavy atom. The van der Waals surface area contributed by atoms with Gasteiger partial charge in [-0.15, -0.1) is 0 Å². The Morgan fingerprint density at radius 2 is 1.47 bits per heavy atom. The van der Waals surface area contributed by atoms with Crippen molar-refractivity contribution < 1.29 is 0 Å². The Labute approximate surface area is 108 Å². The third-order valence-corrected chi connectivity index (χ3v) is 3.90. The van der Waals surface area contributed by atoms with Gasteiger partial charge in [-0.25, -0.2) is 0 Å². The van der Waals surface area contributed by atoms with Gasteiger partial charge in [0.25, 0.3) is 0 Å². The Morgan fingerprint density at radius 1 is 0.941 bits per heavy atom. The summed E-state index contributed by atoms with van der Waals surface area (Å²) >= 11 is 0. The van der Waals surface area contributed by atoms with Gasteiger partial charge in [0.2, 0.25) is 0 Å². The maximum atomic E-state index is 3.44. The van der Waals surface area contributed by atoms with E-state index in [-0.39, 0.29) is 0 Å². The Balaban J connectivity index is 0.000000686. The van der Waals surface area contributed by atoms with Crippen LogP contribution in [0.3, 0.4) is 0 Å². The first kappa shape index (κ1) is 14.9. The van der Waals surface area contributed by atoms with Crippen molar-refractivity contribution in [2.45, 2.75) is 52.6 Å². The molecule has 2 aliphatic heterocycles. The Kier molecular flexibility index (Phi) is 7.09. The fourth-order valence-corrected chi connectivity index (χ4v) is 2.79. The molecule has 0 unspecified atom stereocenters. The molecule has 0 radical (unpaired) electrons.